The van der Waals surface area contributed by atoms with Crippen LogP contribution in [0, 0.1) is 0 Å². The Balaban J connectivity index is 1.86. The van der Waals surface area contributed by atoms with E-state index in [1.165, 1.54) is 25.1 Å². The third kappa shape index (κ3) is 5.66. The van der Waals surface area contributed by atoms with Crippen molar-refractivity contribution in [2.45, 2.75) is 37.2 Å². The molecule has 3 rings (SSSR count). The van der Waals surface area contributed by atoms with Crippen LogP contribution in [0.15, 0.2) is 35.2 Å². The fourth-order valence-electron chi connectivity index (χ4n) is 3.70. The first-order valence-electron chi connectivity index (χ1n) is 9.96. The van der Waals surface area contributed by atoms with E-state index in [-0.39, 0.29) is 32.8 Å². The molecule has 8 nitrogen and oxygen atoms in total. The molecule has 0 bridgehead atoms. The van der Waals surface area contributed by atoms with Gasteiger partial charge in [0, 0.05) is 32.7 Å². The van der Waals surface area contributed by atoms with Gasteiger partial charge in [-0.2, -0.15) is 0 Å². The van der Waals surface area contributed by atoms with Crippen molar-refractivity contribution in [3.8, 4) is 0 Å². The van der Waals surface area contributed by atoms with Crippen LogP contribution in [0.1, 0.15) is 34.0 Å². The van der Waals surface area contributed by atoms with Crippen LogP contribution < -0.4 is 5.32 Å². The molecule has 0 spiro atoms. The number of carbonyl (C=O) groups is 3. The van der Waals surface area contributed by atoms with Gasteiger partial charge in [-0.3, -0.25) is 9.59 Å². The third-order valence-corrected chi connectivity index (χ3v) is 7.27. The molecule has 1 heterocycles. The number of nitrogens with one attached hydrogen (secondary N) is 1. The molecule has 0 fully saturated rings. The highest BCUT2D eigenvalue weighted by Gasteiger charge is 2.28. The zero-order chi connectivity index (χ0) is 24.5. The van der Waals surface area contributed by atoms with Crippen molar-refractivity contribution >= 4 is 50.8 Å². The Bertz CT molecular complexity index is 1250. The van der Waals surface area contributed by atoms with Gasteiger partial charge in [-0.25, -0.2) is 13.2 Å². The van der Waals surface area contributed by atoms with Gasteiger partial charge in [-0.15, -0.1) is 0 Å². The molecule has 176 valence electrons. The number of benzene rings is 2. The molecule has 0 aromatic heterocycles. The molecule has 0 aliphatic carbocycles. The Labute approximate surface area is 201 Å². The molecule has 1 aliphatic heterocycles. The zero-order valence-corrected chi connectivity index (χ0v) is 20.2. The van der Waals surface area contributed by atoms with Crippen molar-refractivity contribution in [1.29, 1.82) is 0 Å². The van der Waals surface area contributed by atoms with Gasteiger partial charge < -0.3 is 15.3 Å². The van der Waals surface area contributed by atoms with Crippen molar-refractivity contribution in [3.05, 3.63) is 62.6 Å². The van der Waals surface area contributed by atoms with Crippen molar-refractivity contribution in [1.82, 2.24) is 10.2 Å². The summed E-state index contributed by atoms with van der Waals surface area (Å²) in [6.45, 7) is 2.23. The second-order valence-corrected chi connectivity index (χ2v) is 10.7. The molecular weight excluding hydrogens is 491 g/mol. The summed E-state index contributed by atoms with van der Waals surface area (Å²) >= 11 is 12.8. The summed E-state index contributed by atoms with van der Waals surface area (Å²) in [5, 5.41) is 12.2. The van der Waals surface area contributed by atoms with Gasteiger partial charge in [0.1, 0.15) is 6.04 Å². The Morgan fingerprint density at radius 2 is 1.91 bits per heavy atom. The minimum atomic E-state index is -3.47. The largest absolute Gasteiger partial charge is 0.480 e. The maximum atomic E-state index is 13.0. The summed E-state index contributed by atoms with van der Waals surface area (Å²) in [4.78, 5) is 38.2. The van der Waals surface area contributed by atoms with E-state index in [1.54, 1.807) is 17.0 Å². The second-order valence-electron chi connectivity index (χ2n) is 7.86. The maximum absolute atomic E-state index is 13.0. The topological polar surface area (TPSA) is 121 Å². The van der Waals surface area contributed by atoms with E-state index in [2.05, 4.69) is 5.32 Å². The molecule has 2 aromatic rings. The molecule has 0 saturated carbocycles. The molecule has 0 unspecified atom stereocenters. The van der Waals surface area contributed by atoms with Gasteiger partial charge in [0.05, 0.1) is 20.5 Å². The first-order valence-corrected chi connectivity index (χ1v) is 12.6. The first-order chi connectivity index (χ1) is 15.4. The Kier molecular flexibility index (Phi) is 7.36. The van der Waals surface area contributed by atoms with E-state index < -0.39 is 27.8 Å². The maximum Gasteiger partial charge on any atom is 0.326 e. The van der Waals surface area contributed by atoms with Crippen molar-refractivity contribution in [3.63, 3.8) is 0 Å². The van der Waals surface area contributed by atoms with E-state index in [9.17, 15) is 27.9 Å². The van der Waals surface area contributed by atoms with Gasteiger partial charge in [0.25, 0.3) is 5.91 Å². The van der Waals surface area contributed by atoms with E-state index in [0.717, 1.165) is 11.8 Å². The lowest BCUT2D eigenvalue weighted by Crippen LogP contribution is -2.42. The number of rotatable bonds is 6. The zero-order valence-electron chi connectivity index (χ0n) is 17.9. The van der Waals surface area contributed by atoms with Gasteiger partial charge in [-0.1, -0.05) is 35.3 Å². The summed E-state index contributed by atoms with van der Waals surface area (Å²) in [5.41, 5.74) is 1.81. The average molecular weight is 513 g/mol. The van der Waals surface area contributed by atoms with Crippen molar-refractivity contribution in [2.75, 3.05) is 12.8 Å². The van der Waals surface area contributed by atoms with Crippen LogP contribution in [0.25, 0.3) is 0 Å². The van der Waals surface area contributed by atoms with Gasteiger partial charge in [0.15, 0.2) is 9.84 Å². The normalized spacial score (nSPS) is 14.4. The fraction of sp³-hybridized carbons (Fsp3) is 0.318. The van der Waals surface area contributed by atoms with E-state index >= 15 is 0 Å². The molecule has 33 heavy (non-hydrogen) atoms. The first kappa shape index (κ1) is 25.0. The number of amides is 2. The highest BCUT2D eigenvalue weighted by molar-refractivity contribution is 7.90. The lowest BCUT2D eigenvalue weighted by molar-refractivity contribution is -0.139. The molecule has 2 aromatic carbocycles. The minimum absolute atomic E-state index is 0.0375. The number of sulfone groups is 1. The summed E-state index contributed by atoms with van der Waals surface area (Å²) in [6.07, 6.45) is 1.35. The standard InChI is InChI=1S/C22H22Cl2N2O6S/c1-12(27)26-7-6-16-14(11-26)10-17(23)19(20(16)24)21(28)25-18(22(29)30)9-13-4-3-5-15(8-13)33(2,31)32/h3-5,8,10,18H,6-7,9,11H2,1-2H3,(H,25,28)(H,29,30)/t18-/m0/s1. The molecule has 2 N–H and O–H groups in total. The summed E-state index contributed by atoms with van der Waals surface area (Å²) in [7, 11) is -3.47. The number of hydrogen-bond donors (Lipinski definition) is 2. The van der Waals surface area contributed by atoms with Crippen molar-refractivity contribution < 1.29 is 27.9 Å². The number of carboxylic acids is 1. The number of carboxylic acid groups (broad SMARTS) is 1. The monoisotopic (exact) mass is 512 g/mol. The van der Waals surface area contributed by atoms with Gasteiger partial charge in [0.2, 0.25) is 5.91 Å². The number of hydrogen-bond acceptors (Lipinski definition) is 5. The predicted molar refractivity (Wildman–Crippen MR) is 123 cm³/mol. The summed E-state index contributed by atoms with van der Waals surface area (Å²) < 4.78 is 23.6. The van der Waals surface area contributed by atoms with Crippen LogP contribution in [0.2, 0.25) is 10.0 Å². The van der Waals surface area contributed by atoms with Crippen LogP contribution in [-0.4, -0.2) is 55.1 Å². The molecule has 11 heteroatoms. The van der Waals surface area contributed by atoms with E-state index in [0.29, 0.717) is 30.6 Å². The Hall–Kier alpha value is -2.62. The Morgan fingerprint density at radius 1 is 1.21 bits per heavy atom. The number of carbonyl (C=O) groups excluding carboxylic acids is 2. The number of aliphatic carboxylic acids is 1. The SMILES string of the molecule is CC(=O)N1CCc2c(cc(Cl)c(C(=O)N[C@@H](Cc3cccc(S(C)(=O)=O)c3)C(=O)O)c2Cl)C1. The Morgan fingerprint density at radius 3 is 2.52 bits per heavy atom. The molecule has 1 atom stereocenters. The van der Waals surface area contributed by atoms with Crippen LogP contribution in [0.5, 0.6) is 0 Å². The minimum Gasteiger partial charge on any atom is -0.480 e. The molecular formula is C22H22Cl2N2O6S. The number of fused-ring (bicyclic) bond motifs is 1. The fourth-order valence-corrected chi connectivity index (χ4v) is 5.15. The lowest BCUT2D eigenvalue weighted by Gasteiger charge is -2.29. The van der Waals surface area contributed by atoms with Crippen LogP contribution in [0.4, 0.5) is 0 Å². The second kappa shape index (κ2) is 9.70. The van der Waals surface area contributed by atoms with Gasteiger partial charge >= 0.3 is 5.97 Å². The molecule has 0 saturated heterocycles. The number of halogens is 2. The smallest absolute Gasteiger partial charge is 0.326 e. The predicted octanol–water partition coefficient (Wildman–Crippen LogP) is 2.73. The summed E-state index contributed by atoms with van der Waals surface area (Å²) in [5.74, 6) is -2.14. The summed E-state index contributed by atoms with van der Waals surface area (Å²) in [6, 6.07) is 6.09. The van der Waals surface area contributed by atoms with Crippen LogP contribution in [0.3, 0.4) is 0 Å². The number of nitrogens with zero attached hydrogens (tertiary/aromatic N) is 1. The van der Waals surface area contributed by atoms with Crippen LogP contribution in [-0.2, 0) is 38.8 Å². The van der Waals surface area contributed by atoms with E-state index in [1.807, 2.05) is 0 Å². The molecule has 1 aliphatic rings. The van der Waals surface area contributed by atoms with E-state index in [4.69, 9.17) is 23.2 Å². The highest BCUT2D eigenvalue weighted by Crippen LogP contribution is 2.34. The van der Waals surface area contributed by atoms with Crippen molar-refractivity contribution in [2.24, 2.45) is 0 Å². The van der Waals surface area contributed by atoms with Crippen LogP contribution >= 0.6 is 23.2 Å². The quantitative estimate of drug-likeness (QED) is 0.613. The lowest BCUT2D eigenvalue weighted by atomic mass is 9.96. The molecule has 2 amide bonds. The third-order valence-electron chi connectivity index (χ3n) is 5.45. The van der Waals surface area contributed by atoms with Gasteiger partial charge in [-0.05, 0) is 41.3 Å². The highest BCUT2D eigenvalue weighted by atomic mass is 35.5. The average Bonchev–Trinajstić information content (AvgIpc) is 2.72. The molecule has 0 radical (unpaired) electrons.